The number of aliphatic hydroxyl groups is 1. The fourth-order valence-electron chi connectivity index (χ4n) is 1.77. The van der Waals surface area contributed by atoms with E-state index in [-0.39, 0.29) is 18.0 Å². The van der Waals surface area contributed by atoms with E-state index in [0.29, 0.717) is 12.8 Å². The maximum Gasteiger partial charge on any atom is 0.305 e. The average molecular weight is 216 g/mol. The molecule has 0 saturated carbocycles. The Kier molecular flexibility index (Phi) is 6.57. The molecule has 0 aliphatic heterocycles. The molecule has 3 heteroatoms. The molecule has 1 atom stereocenters. The van der Waals surface area contributed by atoms with Crippen molar-refractivity contribution in [3.8, 4) is 0 Å². The number of carbonyl (C=O) groups is 1. The molecular weight excluding hydrogens is 192 g/mol. The van der Waals surface area contributed by atoms with E-state index < -0.39 is 6.10 Å². The van der Waals surface area contributed by atoms with Crippen molar-refractivity contribution in [3.05, 3.63) is 0 Å². The molecule has 0 amide bonds. The van der Waals surface area contributed by atoms with Crippen LogP contribution in [0, 0.1) is 5.41 Å². The SMILES string of the molecule is CCCC(C)(C)CC(O)COC(=O)CC. The van der Waals surface area contributed by atoms with E-state index in [4.69, 9.17) is 4.74 Å². The van der Waals surface area contributed by atoms with Crippen molar-refractivity contribution in [2.24, 2.45) is 5.41 Å². The Bertz CT molecular complexity index is 187. The van der Waals surface area contributed by atoms with Crippen LogP contribution < -0.4 is 0 Å². The summed E-state index contributed by atoms with van der Waals surface area (Å²) in [5.41, 5.74) is 0.118. The van der Waals surface area contributed by atoms with Crippen LogP contribution in [0.5, 0.6) is 0 Å². The van der Waals surface area contributed by atoms with Gasteiger partial charge >= 0.3 is 5.97 Å². The molecule has 0 aromatic heterocycles. The van der Waals surface area contributed by atoms with E-state index in [1.54, 1.807) is 6.92 Å². The van der Waals surface area contributed by atoms with Crippen LogP contribution in [0.2, 0.25) is 0 Å². The summed E-state index contributed by atoms with van der Waals surface area (Å²) in [7, 11) is 0. The van der Waals surface area contributed by atoms with Gasteiger partial charge in [-0.05, 0) is 18.3 Å². The molecule has 0 rings (SSSR count). The van der Waals surface area contributed by atoms with E-state index in [0.717, 1.165) is 12.8 Å². The highest BCUT2D eigenvalue weighted by atomic mass is 16.5. The van der Waals surface area contributed by atoms with Gasteiger partial charge in [0.15, 0.2) is 0 Å². The number of aliphatic hydroxyl groups excluding tert-OH is 1. The van der Waals surface area contributed by atoms with Crippen molar-refractivity contribution in [3.63, 3.8) is 0 Å². The summed E-state index contributed by atoms with van der Waals surface area (Å²) < 4.78 is 4.89. The number of ether oxygens (including phenoxy) is 1. The largest absolute Gasteiger partial charge is 0.463 e. The minimum Gasteiger partial charge on any atom is -0.463 e. The highest BCUT2D eigenvalue weighted by molar-refractivity contribution is 5.68. The van der Waals surface area contributed by atoms with E-state index >= 15 is 0 Å². The second kappa shape index (κ2) is 6.83. The Morgan fingerprint density at radius 3 is 2.47 bits per heavy atom. The molecule has 0 heterocycles. The van der Waals surface area contributed by atoms with Crippen LogP contribution in [0.15, 0.2) is 0 Å². The molecule has 0 radical (unpaired) electrons. The molecule has 0 aromatic carbocycles. The molecule has 0 aliphatic carbocycles. The van der Waals surface area contributed by atoms with Crippen LogP contribution in [0.25, 0.3) is 0 Å². The number of rotatable bonds is 7. The number of hydrogen-bond acceptors (Lipinski definition) is 3. The summed E-state index contributed by atoms with van der Waals surface area (Å²) in [4.78, 5) is 10.9. The molecule has 0 spiro atoms. The third-order valence-corrected chi connectivity index (χ3v) is 2.44. The molecule has 0 saturated heterocycles. The topological polar surface area (TPSA) is 46.5 Å². The third kappa shape index (κ3) is 7.37. The van der Waals surface area contributed by atoms with Crippen molar-refractivity contribution in [2.45, 2.75) is 59.5 Å². The smallest absolute Gasteiger partial charge is 0.305 e. The molecule has 0 bridgehead atoms. The second-order valence-electron chi connectivity index (χ2n) is 4.81. The van der Waals surface area contributed by atoms with E-state index in [1.165, 1.54) is 0 Å². The fraction of sp³-hybridized carbons (Fsp3) is 0.917. The van der Waals surface area contributed by atoms with Gasteiger partial charge in [-0.15, -0.1) is 0 Å². The molecule has 0 fully saturated rings. The average Bonchev–Trinajstić information content (AvgIpc) is 2.13. The van der Waals surface area contributed by atoms with E-state index in [1.807, 2.05) is 0 Å². The normalized spacial score (nSPS) is 13.7. The van der Waals surface area contributed by atoms with Gasteiger partial charge in [-0.1, -0.05) is 34.1 Å². The summed E-state index contributed by atoms with van der Waals surface area (Å²) in [5.74, 6) is -0.248. The highest BCUT2D eigenvalue weighted by Crippen LogP contribution is 2.28. The predicted octanol–water partition coefficient (Wildman–Crippen LogP) is 2.52. The Balaban J connectivity index is 3.81. The van der Waals surface area contributed by atoms with Crippen molar-refractivity contribution in [1.29, 1.82) is 0 Å². The monoisotopic (exact) mass is 216 g/mol. The van der Waals surface area contributed by atoms with Crippen LogP contribution in [0.1, 0.15) is 53.4 Å². The van der Waals surface area contributed by atoms with Gasteiger partial charge in [-0.2, -0.15) is 0 Å². The quantitative estimate of drug-likeness (QED) is 0.665. The molecule has 15 heavy (non-hydrogen) atoms. The molecule has 90 valence electrons. The van der Waals surface area contributed by atoms with Crippen LogP contribution in [0.3, 0.4) is 0 Å². The van der Waals surface area contributed by atoms with Gasteiger partial charge in [-0.3, -0.25) is 4.79 Å². The molecule has 1 unspecified atom stereocenters. The first-order chi connectivity index (χ1) is 6.91. The number of hydrogen-bond donors (Lipinski definition) is 1. The first kappa shape index (κ1) is 14.4. The van der Waals surface area contributed by atoms with Crippen LogP contribution in [-0.2, 0) is 9.53 Å². The second-order valence-corrected chi connectivity index (χ2v) is 4.81. The van der Waals surface area contributed by atoms with Crippen molar-refractivity contribution in [1.82, 2.24) is 0 Å². The first-order valence-electron chi connectivity index (χ1n) is 5.75. The van der Waals surface area contributed by atoms with Gasteiger partial charge in [0.25, 0.3) is 0 Å². The van der Waals surface area contributed by atoms with Crippen LogP contribution in [-0.4, -0.2) is 23.8 Å². The van der Waals surface area contributed by atoms with E-state index in [9.17, 15) is 9.90 Å². The summed E-state index contributed by atoms with van der Waals surface area (Å²) in [6, 6.07) is 0. The van der Waals surface area contributed by atoms with Gasteiger partial charge in [0.05, 0.1) is 6.10 Å². The lowest BCUT2D eigenvalue weighted by atomic mass is 9.82. The van der Waals surface area contributed by atoms with Crippen LogP contribution >= 0.6 is 0 Å². The summed E-state index contributed by atoms with van der Waals surface area (Å²) >= 11 is 0. The van der Waals surface area contributed by atoms with Gasteiger partial charge < -0.3 is 9.84 Å². The third-order valence-electron chi connectivity index (χ3n) is 2.44. The zero-order valence-corrected chi connectivity index (χ0v) is 10.4. The number of carbonyl (C=O) groups excluding carboxylic acids is 1. The Morgan fingerprint density at radius 1 is 1.40 bits per heavy atom. The first-order valence-corrected chi connectivity index (χ1v) is 5.75. The van der Waals surface area contributed by atoms with Gasteiger partial charge in [0.2, 0.25) is 0 Å². The molecule has 3 nitrogen and oxygen atoms in total. The molecule has 0 aliphatic rings. The maximum atomic E-state index is 10.9. The Labute approximate surface area is 92.8 Å². The molecule has 0 aromatic rings. The lowest BCUT2D eigenvalue weighted by Gasteiger charge is -2.26. The predicted molar refractivity (Wildman–Crippen MR) is 60.6 cm³/mol. The zero-order valence-electron chi connectivity index (χ0n) is 10.4. The Morgan fingerprint density at radius 2 is 2.00 bits per heavy atom. The fourth-order valence-corrected chi connectivity index (χ4v) is 1.77. The highest BCUT2D eigenvalue weighted by Gasteiger charge is 2.21. The van der Waals surface area contributed by atoms with Gasteiger partial charge in [-0.25, -0.2) is 0 Å². The number of esters is 1. The van der Waals surface area contributed by atoms with Crippen molar-refractivity contribution >= 4 is 5.97 Å². The summed E-state index contributed by atoms with van der Waals surface area (Å²) in [5, 5.41) is 9.68. The molecular formula is C12H24O3. The van der Waals surface area contributed by atoms with Crippen LogP contribution in [0.4, 0.5) is 0 Å². The van der Waals surface area contributed by atoms with Gasteiger partial charge in [0, 0.05) is 6.42 Å². The lowest BCUT2D eigenvalue weighted by molar-refractivity contribution is -0.146. The summed E-state index contributed by atoms with van der Waals surface area (Å²) in [6.45, 7) is 8.25. The summed E-state index contributed by atoms with van der Waals surface area (Å²) in [6.07, 6.45) is 2.69. The minimum atomic E-state index is -0.540. The Hall–Kier alpha value is -0.570. The molecule has 1 N–H and O–H groups in total. The van der Waals surface area contributed by atoms with E-state index in [2.05, 4.69) is 20.8 Å². The standard InChI is InChI=1S/C12H24O3/c1-5-7-12(3,4)8-10(13)9-15-11(14)6-2/h10,13H,5-9H2,1-4H3. The van der Waals surface area contributed by atoms with Crippen molar-refractivity contribution < 1.29 is 14.6 Å². The van der Waals surface area contributed by atoms with Gasteiger partial charge in [0.1, 0.15) is 6.61 Å². The maximum absolute atomic E-state index is 10.9. The minimum absolute atomic E-state index is 0.118. The van der Waals surface area contributed by atoms with Crippen molar-refractivity contribution in [2.75, 3.05) is 6.61 Å². The lowest BCUT2D eigenvalue weighted by Crippen LogP contribution is -2.25. The zero-order chi connectivity index (χ0) is 11.9.